The number of rotatable bonds is 6. The number of carbonyl (C=O) groups excluding carboxylic acids is 1. The molecule has 0 fully saturated rings. The Kier molecular flexibility index (Phi) is 6.10. The van der Waals surface area contributed by atoms with Gasteiger partial charge in [0.25, 0.3) is 0 Å². The Bertz CT molecular complexity index is 424. The minimum atomic E-state index is -1.17. The molecule has 0 saturated heterocycles. The summed E-state index contributed by atoms with van der Waals surface area (Å²) in [5, 5.41) is 24.2. The Balaban J connectivity index is 2.41. The first-order valence-corrected chi connectivity index (χ1v) is 6.81. The van der Waals surface area contributed by atoms with Crippen LogP contribution in [0.4, 0.5) is 4.79 Å². The summed E-state index contributed by atoms with van der Waals surface area (Å²) in [6.45, 7) is 0.0171. The Labute approximate surface area is 116 Å². The SMILES string of the molecule is O=C(NCc1sccc1Br)N[C@H](CCO)C(=O)O. The van der Waals surface area contributed by atoms with E-state index in [9.17, 15) is 9.59 Å². The largest absolute Gasteiger partial charge is 0.480 e. The van der Waals surface area contributed by atoms with E-state index in [1.807, 2.05) is 11.4 Å². The van der Waals surface area contributed by atoms with Gasteiger partial charge in [0.15, 0.2) is 0 Å². The number of aliphatic hydroxyl groups is 1. The highest BCUT2D eigenvalue weighted by molar-refractivity contribution is 9.10. The van der Waals surface area contributed by atoms with Gasteiger partial charge in [-0.05, 0) is 27.4 Å². The number of halogens is 1. The maximum atomic E-state index is 11.5. The second-order valence-electron chi connectivity index (χ2n) is 3.42. The number of hydrogen-bond donors (Lipinski definition) is 4. The summed E-state index contributed by atoms with van der Waals surface area (Å²) < 4.78 is 0.901. The minimum absolute atomic E-state index is 0.0224. The molecule has 0 aliphatic rings. The van der Waals surface area contributed by atoms with Crippen molar-refractivity contribution in [3.63, 3.8) is 0 Å². The monoisotopic (exact) mass is 336 g/mol. The summed E-state index contributed by atoms with van der Waals surface area (Å²) in [7, 11) is 0. The topological polar surface area (TPSA) is 98.7 Å². The maximum Gasteiger partial charge on any atom is 0.326 e. The van der Waals surface area contributed by atoms with Crippen molar-refractivity contribution in [3.8, 4) is 0 Å². The van der Waals surface area contributed by atoms with Crippen molar-refractivity contribution >= 4 is 39.3 Å². The summed E-state index contributed by atoms with van der Waals surface area (Å²) in [5.74, 6) is -1.17. The van der Waals surface area contributed by atoms with Crippen LogP contribution in [0.15, 0.2) is 15.9 Å². The van der Waals surface area contributed by atoms with Crippen LogP contribution < -0.4 is 10.6 Å². The van der Waals surface area contributed by atoms with E-state index in [0.717, 1.165) is 9.35 Å². The van der Waals surface area contributed by atoms with Crippen LogP contribution in [0, 0.1) is 0 Å². The molecule has 0 aliphatic heterocycles. The Morgan fingerprint density at radius 1 is 1.50 bits per heavy atom. The summed E-state index contributed by atoms with van der Waals surface area (Å²) in [6.07, 6.45) is -0.0224. The number of carboxylic acid groups (broad SMARTS) is 1. The molecule has 0 aromatic carbocycles. The lowest BCUT2D eigenvalue weighted by molar-refractivity contribution is -0.139. The predicted molar refractivity (Wildman–Crippen MR) is 70.5 cm³/mol. The normalized spacial score (nSPS) is 11.9. The van der Waals surface area contributed by atoms with Gasteiger partial charge >= 0.3 is 12.0 Å². The molecule has 1 aromatic heterocycles. The Morgan fingerprint density at radius 2 is 2.22 bits per heavy atom. The molecule has 100 valence electrons. The van der Waals surface area contributed by atoms with Crippen LogP contribution in [0.3, 0.4) is 0 Å². The molecule has 0 spiro atoms. The highest BCUT2D eigenvalue weighted by Gasteiger charge is 2.18. The van der Waals surface area contributed by atoms with Crippen LogP contribution in [0.2, 0.25) is 0 Å². The number of carbonyl (C=O) groups is 2. The van der Waals surface area contributed by atoms with Crippen LogP contribution >= 0.6 is 27.3 Å². The van der Waals surface area contributed by atoms with Crippen molar-refractivity contribution < 1.29 is 19.8 Å². The predicted octanol–water partition coefficient (Wildman–Crippen LogP) is 1.15. The van der Waals surface area contributed by atoms with Gasteiger partial charge in [-0.25, -0.2) is 9.59 Å². The maximum absolute atomic E-state index is 11.5. The first kappa shape index (κ1) is 14.9. The fourth-order valence-corrected chi connectivity index (χ4v) is 2.64. The lowest BCUT2D eigenvalue weighted by Gasteiger charge is -2.13. The molecule has 0 saturated carbocycles. The fourth-order valence-electron chi connectivity index (χ4n) is 1.21. The van der Waals surface area contributed by atoms with E-state index in [1.165, 1.54) is 11.3 Å². The second-order valence-corrected chi connectivity index (χ2v) is 5.28. The highest BCUT2D eigenvalue weighted by atomic mass is 79.9. The zero-order valence-electron chi connectivity index (χ0n) is 9.35. The van der Waals surface area contributed by atoms with Crippen molar-refractivity contribution in [2.45, 2.75) is 19.0 Å². The Morgan fingerprint density at radius 3 is 2.72 bits per heavy atom. The lowest BCUT2D eigenvalue weighted by atomic mass is 10.2. The van der Waals surface area contributed by atoms with Gasteiger partial charge in [0.1, 0.15) is 6.04 Å². The quantitative estimate of drug-likeness (QED) is 0.626. The molecule has 0 radical (unpaired) electrons. The number of hydrogen-bond acceptors (Lipinski definition) is 4. The summed E-state index contributed by atoms with van der Waals surface area (Å²) in [4.78, 5) is 23.2. The smallest absolute Gasteiger partial charge is 0.326 e. The summed E-state index contributed by atoms with van der Waals surface area (Å²) in [5.41, 5.74) is 0. The molecule has 0 bridgehead atoms. The minimum Gasteiger partial charge on any atom is -0.480 e. The zero-order valence-corrected chi connectivity index (χ0v) is 11.8. The van der Waals surface area contributed by atoms with Crippen LogP contribution in [0.5, 0.6) is 0 Å². The fraction of sp³-hybridized carbons (Fsp3) is 0.400. The number of amides is 2. The highest BCUT2D eigenvalue weighted by Crippen LogP contribution is 2.21. The molecule has 2 amide bonds. The van der Waals surface area contributed by atoms with Crippen LogP contribution in [0.1, 0.15) is 11.3 Å². The second kappa shape index (κ2) is 7.34. The third-order valence-corrected chi connectivity index (χ3v) is 4.05. The molecule has 4 N–H and O–H groups in total. The van der Waals surface area contributed by atoms with E-state index in [2.05, 4.69) is 26.6 Å². The standard InChI is InChI=1S/C10H13BrN2O4S/c11-6-2-4-18-8(6)5-12-10(17)13-7(1-3-14)9(15)16/h2,4,7,14H,1,3,5H2,(H,15,16)(H2,12,13,17)/t7-/m1/s1. The number of nitrogens with one attached hydrogen (secondary N) is 2. The lowest BCUT2D eigenvalue weighted by Crippen LogP contribution is -2.46. The first-order chi connectivity index (χ1) is 8.54. The van der Waals surface area contributed by atoms with Crippen LogP contribution in [-0.4, -0.2) is 34.9 Å². The van der Waals surface area contributed by atoms with Crippen molar-refractivity contribution in [3.05, 3.63) is 20.8 Å². The van der Waals surface area contributed by atoms with E-state index in [-0.39, 0.29) is 13.0 Å². The molecule has 18 heavy (non-hydrogen) atoms. The summed E-state index contributed by atoms with van der Waals surface area (Å²) >= 11 is 4.81. The average molecular weight is 337 g/mol. The van der Waals surface area contributed by atoms with Crippen molar-refractivity contribution in [2.24, 2.45) is 0 Å². The van der Waals surface area contributed by atoms with E-state index < -0.39 is 18.0 Å². The molecule has 6 nitrogen and oxygen atoms in total. The van der Waals surface area contributed by atoms with Gasteiger partial charge in [-0.1, -0.05) is 0 Å². The Hall–Kier alpha value is -1.12. The number of urea groups is 1. The van der Waals surface area contributed by atoms with Gasteiger partial charge in [0.05, 0.1) is 6.54 Å². The van der Waals surface area contributed by atoms with Gasteiger partial charge in [0, 0.05) is 22.4 Å². The number of aliphatic carboxylic acids is 1. The molecule has 1 aromatic rings. The zero-order chi connectivity index (χ0) is 13.5. The average Bonchev–Trinajstić information content (AvgIpc) is 2.71. The number of thiophene rings is 1. The molecule has 1 atom stereocenters. The molecule has 0 aliphatic carbocycles. The van der Waals surface area contributed by atoms with E-state index in [4.69, 9.17) is 10.2 Å². The molecular weight excluding hydrogens is 324 g/mol. The summed E-state index contributed by atoms with van der Waals surface area (Å²) in [6, 6.07) is 0.212. The number of aliphatic hydroxyl groups excluding tert-OH is 1. The van der Waals surface area contributed by atoms with Crippen LogP contribution in [-0.2, 0) is 11.3 Å². The van der Waals surface area contributed by atoms with Crippen molar-refractivity contribution in [2.75, 3.05) is 6.61 Å². The number of carboxylic acids is 1. The van der Waals surface area contributed by atoms with Gasteiger partial charge in [-0.15, -0.1) is 11.3 Å². The van der Waals surface area contributed by atoms with Crippen molar-refractivity contribution in [1.29, 1.82) is 0 Å². The van der Waals surface area contributed by atoms with Crippen LogP contribution in [0.25, 0.3) is 0 Å². The molecule has 1 rings (SSSR count). The van der Waals surface area contributed by atoms with E-state index in [0.29, 0.717) is 6.54 Å². The van der Waals surface area contributed by atoms with Gasteiger partial charge in [-0.2, -0.15) is 0 Å². The van der Waals surface area contributed by atoms with Gasteiger partial charge in [0.2, 0.25) is 0 Å². The third-order valence-electron chi connectivity index (χ3n) is 2.12. The molecular formula is C10H13BrN2O4S. The van der Waals surface area contributed by atoms with E-state index >= 15 is 0 Å². The first-order valence-electron chi connectivity index (χ1n) is 5.14. The van der Waals surface area contributed by atoms with Gasteiger partial charge in [-0.3, -0.25) is 0 Å². The van der Waals surface area contributed by atoms with Gasteiger partial charge < -0.3 is 20.8 Å². The molecule has 8 heteroatoms. The molecule has 0 unspecified atom stereocenters. The van der Waals surface area contributed by atoms with E-state index in [1.54, 1.807) is 0 Å². The third kappa shape index (κ3) is 4.63. The molecule has 1 heterocycles. The van der Waals surface area contributed by atoms with Crippen molar-refractivity contribution in [1.82, 2.24) is 10.6 Å².